The van der Waals surface area contributed by atoms with E-state index >= 15 is 0 Å². The summed E-state index contributed by atoms with van der Waals surface area (Å²) in [4.78, 5) is 11.6. The number of benzene rings is 1. The molecule has 2 rings (SSSR count). The molecule has 1 aromatic rings. The molecular formula is C14H18ClFN2O2. The highest BCUT2D eigenvalue weighted by molar-refractivity contribution is 5.92. The largest absolute Gasteiger partial charge is 0.368 e. The molecule has 1 aromatic carbocycles. The third-order valence-electron chi connectivity index (χ3n) is 2.95. The van der Waals surface area contributed by atoms with Crippen LogP contribution in [0.25, 0.3) is 0 Å². The Morgan fingerprint density at radius 3 is 3.10 bits per heavy atom. The van der Waals surface area contributed by atoms with Gasteiger partial charge in [0, 0.05) is 6.54 Å². The Bertz CT molecular complexity index is 494. The van der Waals surface area contributed by atoms with Crippen molar-refractivity contribution in [2.45, 2.75) is 13.0 Å². The van der Waals surface area contributed by atoms with E-state index in [1.54, 1.807) is 12.1 Å². The first-order valence-electron chi connectivity index (χ1n) is 6.22. The van der Waals surface area contributed by atoms with Crippen molar-refractivity contribution < 1.29 is 13.9 Å². The first-order chi connectivity index (χ1) is 9.22. The molecule has 6 heteroatoms. The van der Waals surface area contributed by atoms with E-state index in [2.05, 4.69) is 17.2 Å². The maximum atomic E-state index is 14.2. The highest BCUT2D eigenvalue weighted by Gasteiger charge is 2.17. The van der Waals surface area contributed by atoms with E-state index in [4.69, 9.17) is 4.74 Å². The number of fused-ring (bicyclic) bond motifs is 1. The minimum Gasteiger partial charge on any atom is -0.368 e. The molecule has 0 saturated carbocycles. The molecule has 20 heavy (non-hydrogen) atoms. The van der Waals surface area contributed by atoms with Gasteiger partial charge in [0.15, 0.2) is 0 Å². The second-order valence-electron chi connectivity index (χ2n) is 4.34. The van der Waals surface area contributed by atoms with Crippen molar-refractivity contribution in [3.63, 3.8) is 0 Å². The molecule has 4 nitrogen and oxygen atoms in total. The number of rotatable bonds is 5. The predicted octanol–water partition coefficient (Wildman–Crippen LogP) is 2.03. The lowest BCUT2D eigenvalue weighted by Gasteiger charge is -2.19. The summed E-state index contributed by atoms with van der Waals surface area (Å²) in [6, 6.07) is 3.43. The zero-order valence-electron chi connectivity index (χ0n) is 11.1. The van der Waals surface area contributed by atoms with Gasteiger partial charge in [0.25, 0.3) is 0 Å². The quantitative estimate of drug-likeness (QED) is 0.646. The van der Waals surface area contributed by atoms with Gasteiger partial charge in [-0.25, -0.2) is 4.39 Å². The molecule has 0 aliphatic carbocycles. The molecule has 1 amide bonds. The van der Waals surface area contributed by atoms with Crippen molar-refractivity contribution in [1.29, 1.82) is 0 Å². The first kappa shape index (κ1) is 16.6. The highest BCUT2D eigenvalue weighted by atomic mass is 35.5. The Morgan fingerprint density at radius 2 is 2.35 bits per heavy atom. The van der Waals surface area contributed by atoms with Gasteiger partial charge in [-0.15, -0.1) is 19.0 Å². The van der Waals surface area contributed by atoms with Crippen LogP contribution in [0.5, 0.6) is 0 Å². The molecule has 0 fully saturated rings. The van der Waals surface area contributed by atoms with Crippen LogP contribution >= 0.6 is 12.4 Å². The lowest BCUT2D eigenvalue weighted by atomic mass is 9.99. The van der Waals surface area contributed by atoms with Crippen molar-refractivity contribution in [2.24, 2.45) is 0 Å². The molecule has 0 aromatic heterocycles. The van der Waals surface area contributed by atoms with Gasteiger partial charge in [-0.05, 0) is 30.2 Å². The van der Waals surface area contributed by atoms with E-state index < -0.39 is 0 Å². The van der Waals surface area contributed by atoms with Gasteiger partial charge in [-0.1, -0.05) is 12.1 Å². The number of amides is 1. The molecule has 1 aliphatic rings. The number of anilines is 1. The maximum absolute atomic E-state index is 14.2. The van der Waals surface area contributed by atoms with E-state index in [-0.39, 0.29) is 36.4 Å². The highest BCUT2D eigenvalue weighted by Crippen LogP contribution is 2.24. The number of carbonyl (C=O) groups is 1. The summed E-state index contributed by atoms with van der Waals surface area (Å²) in [6.07, 6.45) is 2.19. The fraction of sp³-hybridized carbons (Fsp3) is 0.357. The summed E-state index contributed by atoms with van der Waals surface area (Å²) in [5, 5.41) is 5.70. The van der Waals surface area contributed by atoms with Gasteiger partial charge in [0.05, 0.1) is 12.3 Å². The Labute approximate surface area is 123 Å². The average molecular weight is 301 g/mol. The third-order valence-corrected chi connectivity index (χ3v) is 2.95. The van der Waals surface area contributed by atoms with E-state index in [9.17, 15) is 9.18 Å². The van der Waals surface area contributed by atoms with Crippen molar-refractivity contribution >= 4 is 24.0 Å². The van der Waals surface area contributed by atoms with Crippen molar-refractivity contribution in [1.82, 2.24) is 5.32 Å². The minimum absolute atomic E-state index is 0. The number of carbonyl (C=O) groups excluding carboxylic acids is 1. The second kappa shape index (κ2) is 7.99. The Kier molecular flexibility index (Phi) is 6.64. The van der Waals surface area contributed by atoms with Crippen LogP contribution in [0.2, 0.25) is 0 Å². The Morgan fingerprint density at radius 1 is 1.55 bits per heavy atom. The maximum Gasteiger partial charge on any atom is 0.250 e. The van der Waals surface area contributed by atoms with E-state index in [1.807, 2.05) is 6.07 Å². The molecule has 1 aliphatic heterocycles. The summed E-state index contributed by atoms with van der Waals surface area (Å²) in [7, 11) is 0. The zero-order chi connectivity index (χ0) is 13.7. The van der Waals surface area contributed by atoms with Crippen LogP contribution in [0.3, 0.4) is 0 Å². The fourth-order valence-corrected chi connectivity index (χ4v) is 2.05. The topological polar surface area (TPSA) is 50.4 Å². The number of halogens is 2. The van der Waals surface area contributed by atoms with Crippen LogP contribution < -0.4 is 10.6 Å². The van der Waals surface area contributed by atoms with E-state index in [1.165, 1.54) is 0 Å². The standard InChI is InChI=1S/C14H17FN2O2.ClH/c1-2-7-19-9-13(18)17-12-4-3-10-8-16-6-5-11(10)14(12)15;/h2-4,16H,1,5-9H2,(H,17,18);1H. The van der Waals surface area contributed by atoms with Crippen LogP contribution in [-0.2, 0) is 22.5 Å². The van der Waals surface area contributed by atoms with Crippen LogP contribution in [0, 0.1) is 5.82 Å². The molecule has 110 valence electrons. The molecule has 2 N–H and O–H groups in total. The number of hydrogen-bond acceptors (Lipinski definition) is 3. The Balaban J connectivity index is 0.00000200. The van der Waals surface area contributed by atoms with Gasteiger partial charge in [0.2, 0.25) is 5.91 Å². The predicted molar refractivity (Wildman–Crippen MR) is 78.7 cm³/mol. The smallest absolute Gasteiger partial charge is 0.250 e. The van der Waals surface area contributed by atoms with E-state index in [0.717, 1.165) is 12.1 Å². The SMILES string of the molecule is C=CCOCC(=O)Nc1ccc2c(c1F)CCNC2.Cl. The minimum atomic E-state index is -0.366. The third kappa shape index (κ3) is 4.03. The molecule has 0 spiro atoms. The zero-order valence-corrected chi connectivity index (χ0v) is 11.9. The van der Waals surface area contributed by atoms with Gasteiger partial charge < -0.3 is 15.4 Å². The molecule has 0 atom stereocenters. The Hall–Kier alpha value is -1.43. The van der Waals surface area contributed by atoms with Gasteiger partial charge in [-0.2, -0.15) is 0 Å². The second-order valence-corrected chi connectivity index (χ2v) is 4.34. The number of nitrogens with one attached hydrogen (secondary N) is 2. The number of hydrogen-bond donors (Lipinski definition) is 2. The molecule has 0 bridgehead atoms. The first-order valence-corrected chi connectivity index (χ1v) is 6.22. The lowest BCUT2D eigenvalue weighted by molar-refractivity contribution is -0.120. The lowest BCUT2D eigenvalue weighted by Crippen LogP contribution is -2.25. The van der Waals surface area contributed by atoms with Gasteiger partial charge in [0.1, 0.15) is 12.4 Å². The molecule has 0 unspecified atom stereocenters. The molecule has 0 radical (unpaired) electrons. The van der Waals surface area contributed by atoms with Crippen LogP contribution in [-0.4, -0.2) is 25.7 Å². The monoisotopic (exact) mass is 300 g/mol. The van der Waals surface area contributed by atoms with E-state index in [0.29, 0.717) is 25.1 Å². The van der Waals surface area contributed by atoms with Crippen molar-refractivity contribution in [2.75, 3.05) is 25.1 Å². The summed E-state index contributed by atoms with van der Waals surface area (Å²) in [6.45, 7) is 5.09. The van der Waals surface area contributed by atoms with Gasteiger partial charge in [-0.3, -0.25) is 4.79 Å². The van der Waals surface area contributed by atoms with Crippen LogP contribution in [0.4, 0.5) is 10.1 Å². The van der Waals surface area contributed by atoms with Crippen molar-refractivity contribution in [3.05, 3.63) is 41.7 Å². The summed E-state index contributed by atoms with van der Waals surface area (Å²) >= 11 is 0. The average Bonchev–Trinajstić information content (AvgIpc) is 2.43. The summed E-state index contributed by atoms with van der Waals surface area (Å²) < 4.78 is 19.2. The molecular weight excluding hydrogens is 283 g/mol. The fourth-order valence-electron chi connectivity index (χ4n) is 2.05. The molecule has 1 heterocycles. The van der Waals surface area contributed by atoms with Gasteiger partial charge >= 0.3 is 0 Å². The number of ether oxygens (including phenoxy) is 1. The molecule has 0 saturated heterocycles. The summed E-state index contributed by atoms with van der Waals surface area (Å²) in [5.74, 6) is -0.703. The van der Waals surface area contributed by atoms with Crippen molar-refractivity contribution in [3.8, 4) is 0 Å². The summed E-state index contributed by atoms with van der Waals surface area (Å²) in [5.41, 5.74) is 1.85. The van der Waals surface area contributed by atoms with Crippen LogP contribution in [0.15, 0.2) is 24.8 Å². The van der Waals surface area contributed by atoms with Crippen LogP contribution in [0.1, 0.15) is 11.1 Å². The normalized spacial score (nSPS) is 13.1.